The standard InChI is InChI=1S/C17H18N2OS/c1-12(13-7-3-2-4-8-13)18-19-17(20)16-11-14-9-5-6-10-15(14)21-16/h2-4,7-8,11H,5-6,9-10H2,1H3,(H,19,20)/b18-12-. The number of hydrogen-bond acceptors (Lipinski definition) is 3. The third kappa shape index (κ3) is 3.22. The minimum absolute atomic E-state index is 0.107. The van der Waals surface area contributed by atoms with Crippen molar-refractivity contribution in [3.8, 4) is 0 Å². The maximum atomic E-state index is 12.2. The van der Waals surface area contributed by atoms with Crippen LogP contribution in [0.3, 0.4) is 0 Å². The van der Waals surface area contributed by atoms with Gasteiger partial charge in [0.05, 0.1) is 10.6 Å². The molecule has 0 radical (unpaired) electrons. The van der Waals surface area contributed by atoms with Crippen molar-refractivity contribution in [3.05, 3.63) is 57.3 Å². The van der Waals surface area contributed by atoms with Crippen LogP contribution in [0.25, 0.3) is 0 Å². The van der Waals surface area contributed by atoms with Gasteiger partial charge in [-0.15, -0.1) is 11.3 Å². The van der Waals surface area contributed by atoms with Crippen molar-refractivity contribution >= 4 is 23.0 Å². The van der Waals surface area contributed by atoms with Crippen LogP contribution in [0.4, 0.5) is 0 Å². The Morgan fingerprint density at radius 1 is 1.19 bits per heavy atom. The van der Waals surface area contributed by atoms with Crippen LogP contribution in [0, 0.1) is 0 Å². The van der Waals surface area contributed by atoms with Crippen LogP contribution >= 0.6 is 11.3 Å². The summed E-state index contributed by atoms with van der Waals surface area (Å²) in [7, 11) is 0. The number of benzene rings is 1. The van der Waals surface area contributed by atoms with E-state index in [1.165, 1.54) is 23.3 Å². The van der Waals surface area contributed by atoms with Crippen molar-refractivity contribution in [2.45, 2.75) is 32.6 Å². The fraction of sp³-hybridized carbons (Fsp3) is 0.294. The number of fused-ring (bicyclic) bond motifs is 1. The van der Waals surface area contributed by atoms with Gasteiger partial charge in [0.15, 0.2) is 0 Å². The average Bonchev–Trinajstić information content (AvgIpc) is 2.97. The molecule has 1 aliphatic carbocycles. The number of amides is 1. The molecule has 3 nitrogen and oxygen atoms in total. The second-order valence-corrected chi connectivity index (χ2v) is 6.41. The second-order valence-electron chi connectivity index (χ2n) is 5.27. The highest BCUT2D eigenvalue weighted by molar-refractivity contribution is 7.14. The molecular weight excluding hydrogens is 280 g/mol. The van der Waals surface area contributed by atoms with Gasteiger partial charge in [-0.1, -0.05) is 30.3 Å². The van der Waals surface area contributed by atoms with Crippen molar-refractivity contribution in [2.75, 3.05) is 0 Å². The summed E-state index contributed by atoms with van der Waals surface area (Å²) in [6.07, 6.45) is 4.68. The van der Waals surface area contributed by atoms with Gasteiger partial charge in [-0.3, -0.25) is 4.79 Å². The molecule has 108 valence electrons. The summed E-state index contributed by atoms with van der Waals surface area (Å²) in [5, 5.41) is 4.20. The van der Waals surface area contributed by atoms with Gasteiger partial charge in [0.2, 0.25) is 0 Å². The van der Waals surface area contributed by atoms with E-state index in [1.54, 1.807) is 11.3 Å². The number of hydrazone groups is 1. The molecule has 1 aromatic heterocycles. The molecule has 0 spiro atoms. The van der Waals surface area contributed by atoms with E-state index >= 15 is 0 Å². The molecule has 21 heavy (non-hydrogen) atoms. The van der Waals surface area contributed by atoms with E-state index < -0.39 is 0 Å². The number of carbonyl (C=O) groups is 1. The second kappa shape index (κ2) is 6.22. The molecule has 0 aliphatic heterocycles. The van der Waals surface area contributed by atoms with E-state index in [4.69, 9.17) is 0 Å². The number of thiophene rings is 1. The molecule has 1 aliphatic rings. The fourth-order valence-corrected chi connectivity index (χ4v) is 3.68. The molecule has 0 saturated carbocycles. The van der Waals surface area contributed by atoms with Crippen LogP contribution in [-0.4, -0.2) is 11.6 Å². The maximum absolute atomic E-state index is 12.2. The first-order chi connectivity index (χ1) is 10.2. The SMILES string of the molecule is C/C(=N/NC(=O)c1cc2c(s1)CCCC2)c1ccccc1. The van der Waals surface area contributed by atoms with E-state index in [-0.39, 0.29) is 5.91 Å². The van der Waals surface area contributed by atoms with Gasteiger partial charge in [0, 0.05) is 4.88 Å². The number of hydrogen-bond donors (Lipinski definition) is 1. The topological polar surface area (TPSA) is 41.5 Å². The predicted molar refractivity (Wildman–Crippen MR) is 87.1 cm³/mol. The Morgan fingerprint density at radius 2 is 1.95 bits per heavy atom. The van der Waals surface area contributed by atoms with E-state index in [0.29, 0.717) is 0 Å². The Morgan fingerprint density at radius 3 is 2.71 bits per heavy atom. The first-order valence-corrected chi connectivity index (χ1v) is 8.07. The molecule has 2 aromatic rings. The molecule has 4 heteroatoms. The number of carbonyl (C=O) groups excluding carboxylic acids is 1. The zero-order valence-corrected chi connectivity index (χ0v) is 12.9. The third-order valence-electron chi connectivity index (χ3n) is 3.74. The summed E-state index contributed by atoms with van der Waals surface area (Å²) >= 11 is 1.61. The van der Waals surface area contributed by atoms with E-state index in [0.717, 1.165) is 29.0 Å². The largest absolute Gasteiger partial charge is 0.281 e. The Kier molecular flexibility index (Phi) is 4.15. The summed E-state index contributed by atoms with van der Waals surface area (Å²) < 4.78 is 0. The van der Waals surface area contributed by atoms with Crippen molar-refractivity contribution in [1.29, 1.82) is 0 Å². The van der Waals surface area contributed by atoms with Crippen LogP contribution in [0.5, 0.6) is 0 Å². The molecule has 1 aromatic carbocycles. The molecular formula is C17H18N2OS. The minimum atomic E-state index is -0.107. The summed E-state index contributed by atoms with van der Waals surface area (Å²) in [5.74, 6) is -0.107. The van der Waals surface area contributed by atoms with Gasteiger partial charge < -0.3 is 0 Å². The van der Waals surface area contributed by atoms with Gasteiger partial charge in [0.1, 0.15) is 0 Å². The van der Waals surface area contributed by atoms with Gasteiger partial charge in [-0.2, -0.15) is 5.10 Å². The van der Waals surface area contributed by atoms with Gasteiger partial charge in [0.25, 0.3) is 5.91 Å². The highest BCUT2D eigenvalue weighted by Crippen LogP contribution is 2.29. The molecule has 0 unspecified atom stereocenters. The van der Waals surface area contributed by atoms with E-state index in [2.05, 4.69) is 10.5 Å². The smallest absolute Gasteiger partial charge is 0.266 e. The molecule has 0 bridgehead atoms. The van der Waals surface area contributed by atoms with Crippen molar-refractivity contribution < 1.29 is 4.79 Å². The van der Waals surface area contributed by atoms with Crippen LogP contribution in [0.2, 0.25) is 0 Å². The number of nitrogens with one attached hydrogen (secondary N) is 1. The summed E-state index contributed by atoms with van der Waals surface area (Å²) in [5.41, 5.74) is 5.84. The predicted octanol–water partition coefficient (Wildman–Crippen LogP) is 3.78. The molecule has 1 N–H and O–H groups in total. The van der Waals surface area contributed by atoms with E-state index in [9.17, 15) is 4.79 Å². The molecule has 1 amide bonds. The third-order valence-corrected chi connectivity index (χ3v) is 4.97. The zero-order valence-electron chi connectivity index (χ0n) is 12.1. The Balaban J connectivity index is 1.70. The van der Waals surface area contributed by atoms with Crippen LogP contribution in [-0.2, 0) is 12.8 Å². The van der Waals surface area contributed by atoms with Crippen LogP contribution in [0.15, 0.2) is 41.5 Å². The Bertz CT molecular complexity index is 650. The van der Waals surface area contributed by atoms with Crippen LogP contribution < -0.4 is 5.43 Å². The lowest BCUT2D eigenvalue weighted by Crippen LogP contribution is -2.18. The monoisotopic (exact) mass is 298 g/mol. The number of rotatable bonds is 3. The summed E-state index contributed by atoms with van der Waals surface area (Å²) in [6, 6.07) is 11.9. The van der Waals surface area contributed by atoms with Gasteiger partial charge >= 0.3 is 0 Å². The van der Waals surface area contributed by atoms with Gasteiger partial charge in [-0.05, 0) is 49.8 Å². The average molecular weight is 298 g/mol. The van der Waals surface area contributed by atoms with Crippen LogP contribution in [0.1, 0.15) is 45.4 Å². The Hall–Kier alpha value is -1.94. The molecule has 0 saturated heterocycles. The van der Waals surface area contributed by atoms with Crippen molar-refractivity contribution in [2.24, 2.45) is 5.10 Å². The van der Waals surface area contributed by atoms with Crippen molar-refractivity contribution in [1.82, 2.24) is 5.43 Å². The maximum Gasteiger partial charge on any atom is 0.281 e. The molecule has 3 rings (SSSR count). The lowest BCUT2D eigenvalue weighted by Gasteiger charge is -2.08. The van der Waals surface area contributed by atoms with Gasteiger partial charge in [-0.25, -0.2) is 5.43 Å². The lowest BCUT2D eigenvalue weighted by molar-refractivity contribution is 0.0959. The fourth-order valence-electron chi connectivity index (χ4n) is 2.54. The minimum Gasteiger partial charge on any atom is -0.266 e. The Labute approximate surface area is 128 Å². The number of nitrogens with zero attached hydrogens (tertiary/aromatic N) is 1. The molecule has 1 heterocycles. The highest BCUT2D eigenvalue weighted by Gasteiger charge is 2.16. The molecule has 0 atom stereocenters. The lowest BCUT2D eigenvalue weighted by atomic mass is 9.99. The van der Waals surface area contributed by atoms with E-state index in [1.807, 2.05) is 43.3 Å². The first kappa shape index (κ1) is 14.0. The highest BCUT2D eigenvalue weighted by atomic mass is 32.1. The summed E-state index contributed by atoms with van der Waals surface area (Å²) in [6.45, 7) is 1.90. The first-order valence-electron chi connectivity index (χ1n) is 7.25. The quantitative estimate of drug-likeness (QED) is 0.680. The molecule has 0 fully saturated rings. The summed E-state index contributed by atoms with van der Waals surface area (Å²) in [4.78, 5) is 14.3. The van der Waals surface area contributed by atoms with Crippen molar-refractivity contribution in [3.63, 3.8) is 0 Å². The number of aryl methyl sites for hydroxylation is 2. The zero-order chi connectivity index (χ0) is 14.7. The normalized spacial score (nSPS) is 14.6.